The van der Waals surface area contributed by atoms with Crippen LogP contribution in [0.25, 0.3) is 0 Å². The second-order valence-electron chi connectivity index (χ2n) is 6.30. The van der Waals surface area contributed by atoms with Crippen LogP contribution in [0.5, 0.6) is 0 Å². The molecule has 1 unspecified atom stereocenters. The number of nitrogens with zero attached hydrogens (tertiary/aromatic N) is 2. The summed E-state index contributed by atoms with van der Waals surface area (Å²) in [6, 6.07) is 0. The molecule has 0 N–H and O–H groups in total. The van der Waals surface area contributed by atoms with E-state index in [1.54, 1.807) is 6.08 Å². The number of carbonyl (C=O) groups excluding carboxylic acids is 1. The van der Waals surface area contributed by atoms with Crippen LogP contribution >= 0.6 is 0 Å². The van der Waals surface area contributed by atoms with Crippen LogP contribution in [0.2, 0.25) is 0 Å². The van der Waals surface area contributed by atoms with Crippen LogP contribution in [0, 0.1) is 11.3 Å². The predicted molar refractivity (Wildman–Crippen MR) is 71.8 cm³/mol. The molecule has 0 aromatic rings. The molecular formula is C14H26N2O. The molecule has 3 nitrogen and oxygen atoms in total. The molecule has 17 heavy (non-hydrogen) atoms. The fourth-order valence-corrected chi connectivity index (χ4v) is 2.14. The normalized spacial score (nSPS) is 21.8. The minimum absolute atomic E-state index is 0.165. The lowest BCUT2D eigenvalue weighted by molar-refractivity contribution is -0.125. The van der Waals surface area contributed by atoms with E-state index in [-0.39, 0.29) is 5.91 Å². The summed E-state index contributed by atoms with van der Waals surface area (Å²) in [7, 11) is 4.00. The van der Waals surface area contributed by atoms with Gasteiger partial charge in [0.25, 0.3) is 0 Å². The maximum Gasteiger partial charge on any atom is 0.246 e. The Labute approximate surface area is 105 Å². The first kappa shape index (κ1) is 14.2. The number of likely N-dealkylation sites (tertiary alicyclic amines) is 1. The number of carbonyl (C=O) groups is 1. The summed E-state index contributed by atoms with van der Waals surface area (Å²) in [5.41, 5.74) is 0.308. The molecule has 1 aliphatic rings. The average Bonchev–Trinajstić information content (AvgIpc) is 2.64. The number of likely N-dealkylation sites (N-methyl/N-ethyl adjacent to an activating group) is 1. The van der Waals surface area contributed by atoms with Crippen molar-refractivity contribution in [2.45, 2.75) is 27.2 Å². The van der Waals surface area contributed by atoms with Gasteiger partial charge in [-0.2, -0.15) is 0 Å². The lowest BCUT2D eigenvalue weighted by Gasteiger charge is -2.26. The Kier molecular flexibility index (Phi) is 4.75. The van der Waals surface area contributed by atoms with Crippen molar-refractivity contribution in [2.24, 2.45) is 11.3 Å². The third kappa shape index (κ3) is 4.50. The first-order chi connectivity index (χ1) is 7.80. The number of rotatable bonds is 3. The summed E-state index contributed by atoms with van der Waals surface area (Å²) < 4.78 is 0. The van der Waals surface area contributed by atoms with Gasteiger partial charge in [0, 0.05) is 25.7 Å². The van der Waals surface area contributed by atoms with Gasteiger partial charge in [0.15, 0.2) is 0 Å². The van der Waals surface area contributed by atoms with E-state index in [0.717, 1.165) is 26.1 Å². The highest BCUT2D eigenvalue weighted by Gasteiger charge is 2.32. The Bertz CT molecular complexity index is 289. The van der Waals surface area contributed by atoms with E-state index < -0.39 is 0 Å². The van der Waals surface area contributed by atoms with E-state index in [4.69, 9.17) is 0 Å². The molecule has 98 valence electrons. The van der Waals surface area contributed by atoms with Crippen molar-refractivity contribution < 1.29 is 4.79 Å². The Morgan fingerprint density at radius 1 is 1.41 bits per heavy atom. The fraction of sp³-hybridized carbons (Fsp3) is 0.786. The summed E-state index contributed by atoms with van der Waals surface area (Å²) >= 11 is 0. The van der Waals surface area contributed by atoms with E-state index >= 15 is 0 Å². The minimum Gasteiger partial charge on any atom is -0.339 e. The standard InChI is InChI=1S/C14H26N2O/c1-14(2,3)12-8-10-16(11-12)13(17)7-6-9-15(4)5/h6-7,12H,8-11H2,1-5H3/b7-6+. The van der Waals surface area contributed by atoms with Gasteiger partial charge >= 0.3 is 0 Å². The highest BCUT2D eigenvalue weighted by atomic mass is 16.2. The summed E-state index contributed by atoms with van der Waals surface area (Å²) in [4.78, 5) is 15.9. The van der Waals surface area contributed by atoms with Gasteiger partial charge in [-0.05, 0) is 31.8 Å². The molecule has 1 rings (SSSR count). The Morgan fingerprint density at radius 2 is 2.06 bits per heavy atom. The van der Waals surface area contributed by atoms with Crippen LogP contribution in [0.3, 0.4) is 0 Å². The molecule has 1 heterocycles. The molecule has 0 aromatic heterocycles. The maximum absolute atomic E-state index is 11.9. The molecular weight excluding hydrogens is 212 g/mol. The highest BCUT2D eigenvalue weighted by molar-refractivity contribution is 5.87. The Morgan fingerprint density at radius 3 is 2.53 bits per heavy atom. The lowest BCUT2D eigenvalue weighted by Crippen LogP contribution is -2.30. The second kappa shape index (κ2) is 5.67. The highest BCUT2D eigenvalue weighted by Crippen LogP contribution is 2.33. The molecule has 1 atom stereocenters. The van der Waals surface area contributed by atoms with Gasteiger partial charge in [0.05, 0.1) is 0 Å². The quantitative estimate of drug-likeness (QED) is 0.702. The number of hydrogen-bond acceptors (Lipinski definition) is 2. The SMILES string of the molecule is CN(C)C/C=C/C(=O)N1CCC(C(C)(C)C)C1. The van der Waals surface area contributed by atoms with Gasteiger partial charge in [-0.3, -0.25) is 4.79 Å². The first-order valence-electron chi connectivity index (χ1n) is 6.41. The van der Waals surface area contributed by atoms with E-state index in [0.29, 0.717) is 11.3 Å². The van der Waals surface area contributed by atoms with E-state index in [2.05, 4.69) is 20.8 Å². The smallest absolute Gasteiger partial charge is 0.246 e. The van der Waals surface area contributed by atoms with Crippen molar-refractivity contribution in [3.05, 3.63) is 12.2 Å². The molecule has 1 amide bonds. The molecule has 0 aromatic carbocycles. The molecule has 1 aliphatic heterocycles. The van der Waals surface area contributed by atoms with Gasteiger partial charge in [-0.15, -0.1) is 0 Å². The van der Waals surface area contributed by atoms with E-state index in [9.17, 15) is 4.79 Å². The van der Waals surface area contributed by atoms with Crippen LogP contribution in [0.4, 0.5) is 0 Å². The molecule has 3 heteroatoms. The summed E-state index contributed by atoms with van der Waals surface area (Å²) in [6.45, 7) is 9.42. The van der Waals surface area contributed by atoms with E-state index in [1.165, 1.54) is 0 Å². The van der Waals surface area contributed by atoms with Gasteiger partial charge in [0.1, 0.15) is 0 Å². The van der Waals surface area contributed by atoms with Crippen molar-refractivity contribution in [3.8, 4) is 0 Å². The zero-order valence-corrected chi connectivity index (χ0v) is 11.9. The molecule has 1 fully saturated rings. The van der Waals surface area contributed by atoms with Gasteiger partial charge < -0.3 is 9.80 Å². The molecule has 1 saturated heterocycles. The minimum atomic E-state index is 0.165. The van der Waals surface area contributed by atoms with Crippen molar-refractivity contribution in [1.29, 1.82) is 0 Å². The fourth-order valence-electron chi connectivity index (χ4n) is 2.14. The zero-order valence-electron chi connectivity index (χ0n) is 11.9. The van der Waals surface area contributed by atoms with E-state index in [1.807, 2.05) is 30.0 Å². The van der Waals surface area contributed by atoms with Crippen molar-refractivity contribution in [2.75, 3.05) is 33.7 Å². The van der Waals surface area contributed by atoms with Crippen LogP contribution in [-0.2, 0) is 4.79 Å². The molecule has 0 spiro atoms. The largest absolute Gasteiger partial charge is 0.339 e. The summed E-state index contributed by atoms with van der Waals surface area (Å²) in [5, 5.41) is 0. The Balaban J connectivity index is 2.43. The van der Waals surface area contributed by atoms with Crippen LogP contribution in [-0.4, -0.2) is 49.4 Å². The Hall–Kier alpha value is -0.830. The topological polar surface area (TPSA) is 23.6 Å². The van der Waals surface area contributed by atoms with Crippen molar-refractivity contribution in [3.63, 3.8) is 0 Å². The van der Waals surface area contributed by atoms with Crippen LogP contribution < -0.4 is 0 Å². The third-order valence-electron chi connectivity index (χ3n) is 3.46. The van der Waals surface area contributed by atoms with Gasteiger partial charge in [0.2, 0.25) is 5.91 Å². The van der Waals surface area contributed by atoms with Gasteiger partial charge in [-0.1, -0.05) is 26.8 Å². The van der Waals surface area contributed by atoms with Crippen LogP contribution in [0.15, 0.2) is 12.2 Å². The van der Waals surface area contributed by atoms with Gasteiger partial charge in [-0.25, -0.2) is 0 Å². The molecule has 0 bridgehead atoms. The molecule has 0 aliphatic carbocycles. The zero-order chi connectivity index (χ0) is 13.1. The van der Waals surface area contributed by atoms with Crippen LogP contribution in [0.1, 0.15) is 27.2 Å². The molecule has 0 saturated carbocycles. The average molecular weight is 238 g/mol. The first-order valence-corrected chi connectivity index (χ1v) is 6.41. The number of amides is 1. The number of hydrogen-bond donors (Lipinski definition) is 0. The molecule has 0 radical (unpaired) electrons. The van der Waals surface area contributed by atoms with Crippen molar-refractivity contribution in [1.82, 2.24) is 9.80 Å². The predicted octanol–water partition coefficient (Wildman–Crippen LogP) is 2.00. The lowest BCUT2D eigenvalue weighted by atomic mass is 9.80. The maximum atomic E-state index is 11.9. The summed E-state index contributed by atoms with van der Waals surface area (Å²) in [6.07, 6.45) is 4.79. The third-order valence-corrected chi connectivity index (χ3v) is 3.46. The van der Waals surface area contributed by atoms with Crippen molar-refractivity contribution >= 4 is 5.91 Å². The summed E-state index contributed by atoms with van der Waals surface area (Å²) in [5.74, 6) is 0.798. The second-order valence-corrected chi connectivity index (χ2v) is 6.30. The monoisotopic (exact) mass is 238 g/mol.